The van der Waals surface area contributed by atoms with Crippen molar-refractivity contribution in [3.8, 4) is 0 Å². The molecule has 7 nitrogen and oxygen atoms in total. The molecule has 7 heteroatoms. The molecule has 2 aromatic carbocycles. The minimum Gasteiger partial charge on any atom is -0.349 e. The molecule has 0 bridgehead atoms. The van der Waals surface area contributed by atoms with Gasteiger partial charge in [0, 0.05) is 45.5 Å². The Morgan fingerprint density at radius 3 is 2.41 bits per heavy atom. The molecule has 0 aliphatic carbocycles. The van der Waals surface area contributed by atoms with E-state index in [0.717, 1.165) is 25.2 Å². The van der Waals surface area contributed by atoms with Crippen LogP contribution in [0.25, 0.3) is 0 Å². The number of fused-ring (bicyclic) bond motifs is 1. The maximum atomic E-state index is 12.9. The van der Waals surface area contributed by atoms with Crippen LogP contribution in [0.15, 0.2) is 66.9 Å². The van der Waals surface area contributed by atoms with Crippen LogP contribution in [0.5, 0.6) is 0 Å². The number of carbonyl (C=O) groups excluding carboxylic acids is 2. The lowest BCUT2D eigenvalue weighted by molar-refractivity contribution is 0.0683. The molecule has 0 unspecified atom stereocenters. The highest BCUT2D eigenvalue weighted by Gasteiger charge is 2.28. The second-order valence-corrected chi connectivity index (χ2v) is 7.97. The summed E-state index contributed by atoms with van der Waals surface area (Å²) in [7, 11) is 0. The molecule has 3 aromatic rings. The van der Waals surface area contributed by atoms with Gasteiger partial charge in [-0.05, 0) is 17.7 Å². The maximum Gasteiger partial charge on any atom is 0.290 e. The summed E-state index contributed by atoms with van der Waals surface area (Å²) in [6, 6.07) is 20.2. The predicted octanol–water partition coefficient (Wildman–Crippen LogP) is 2.79. The van der Waals surface area contributed by atoms with Crippen LogP contribution < -0.4 is 5.32 Å². The minimum atomic E-state index is -0.245. The van der Waals surface area contributed by atoms with Gasteiger partial charge in [0.05, 0.1) is 0 Å². The second-order valence-electron chi connectivity index (χ2n) is 7.97. The second kappa shape index (κ2) is 10.2. The van der Waals surface area contributed by atoms with E-state index in [4.69, 9.17) is 0 Å². The van der Waals surface area contributed by atoms with Gasteiger partial charge in [-0.3, -0.25) is 14.5 Å². The van der Waals surface area contributed by atoms with Crippen LogP contribution in [0.1, 0.15) is 39.2 Å². The summed E-state index contributed by atoms with van der Waals surface area (Å²) >= 11 is 0. The lowest BCUT2D eigenvalue weighted by Gasteiger charge is -2.27. The summed E-state index contributed by atoms with van der Waals surface area (Å²) in [4.78, 5) is 33.9. The number of benzene rings is 2. The third-order valence-corrected chi connectivity index (χ3v) is 5.72. The topological polar surface area (TPSA) is 70.5 Å². The van der Waals surface area contributed by atoms with Crippen molar-refractivity contribution in [2.24, 2.45) is 0 Å². The van der Waals surface area contributed by atoms with E-state index in [0.29, 0.717) is 37.7 Å². The molecule has 1 aromatic heterocycles. The van der Waals surface area contributed by atoms with E-state index in [9.17, 15) is 9.59 Å². The van der Waals surface area contributed by atoms with Crippen LogP contribution in [0, 0.1) is 0 Å². The summed E-state index contributed by atoms with van der Waals surface area (Å²) in [6.45, 7) is 6.90. The summed E-state index contributed by atoms with van der Waals surface area (Å²) in [5.41, 5.74) is 2.62. The number of amides is 2. The molecule has 4 rings (SSSR count). The Balaban J connectivity index is 1.32. The average Bonchev–Trinajstić information content (AvgIpc) is 3.27. The van der Waals surface area contributed by atoms with Crippen molar-refractivity contribution in [2.75, 3.05) is 26.2 Å². The summed E-state index contributed by atoms with van der Waals surface area (Å²) < 4.78 is 1.78. The van der Waals surface area contributed by atoms with Crippen molar-refractivity contribution in [1.82, 2.24) is 24.7 Å². The summed E-state index contributed by atoms with van der Waals surface area (Å²) in [6.07, 6.45) is 1.68. The number of aromatic nitrogens is 2. The van der Waals surface area contributed by atoms with Gasteiger partial charge in [0.1, 0.15) is 5.69 Å². The van der Waals surface area contributed by atoms with E-state index in [2.05, 4.69) is 34.3 Å². The average molecular weight is 432 g/mol. The largest absolute Gasteiger partial charge is 0.349 e. The number of hydrogen-bond acceptors (Lipinski definition) is 4. The zero-order chi connectivity index (χ0) is 22.3. The molecule has 0 saturated carbocycles. The molecule has 0 fully saturated rings. The maximum absolute atomic E-state index is 12.9. The predicted molar refractivity (Wildman–Crippen MR) is 123 cm³/mol. The Hall–Kier alpha value is -3.45. The molecule has 32 heavy (non-hydrogen) atoms. The van der Waals surface area contributed by atoms with Crippen LogP contribution >= 0.6 is 0 Å². The van der Waals surface area contributed by atoms with E-state index >= 15 is 0 Å². The Morgan fingerprint density at radius 2 is 1.72 bits per heavy atom. The Morgan fingerprint density at radius 1 is 1.03 bits per heavy atom. The number of nitrogens with zero attached hydrogens (tertiary/aromatic N) is 4. The van der Waals surface area contributed by atoms with Crippen molar-refractivity contribution in [1.29, 1.82) is 0 Å². The van der Waals surface area contributed by atoms with Gasteiger partial charge in [-0.25, -0.2) is 4.98 Å². The molecule has 0 radical (unpaired) electrons. The number of likely N-dealkylation sites (N-methyl/N-ethyl adjacent to an activating group) is 1. The van der Waals surface area contributed by atoms with E-state index in [-0.39, 0.29) is 11.8 Å². The highest BCUT2D eigenvalue weighted by molar-refractivity contribution is 5.96. The van der Waals surface area contributed by atoms with Crippen LogP contribution in [-0.4, -0.2) is 57.3 Å². The van der Waals surface area contributed by atoms with E-state index in [1.54, 1.807) is 15.7 Å². The third kappa shape index (κ3) is 5.23. The van der Waals surface area contributed by atoms with Gasteiger partial charge < -0.3 is 14.8 Å². The van der Waals surface area contributed by atoms with Gasteiger partial charge in [0.25, 0.3) is 11.8 Å². The van der Waals surface area contributed by atoms with Gasteiger partial charge in [-0.15, -0.1) is 0 Å². The fourth-order valence-electron chi connectivity index (χ4n) is 3.90. The first kappa shape index (κ1) is 21.8. The van der Waals surface area contributed by atoms with Gasteiger partial charge in [0.2, 0.25) is 0 Å². The number of imidazole rings is 1. The van der Waals surface area contributed by atoms with Crippen molar-refractivity contribution in [3.63, 3.8) is 0 Å². The molecule has 2 amide bonds. The zero-order valence-electron chi connectivity index (χ0n) is 18.4. The molecule has 2 heterocycles. The first-order valence-electron chi connectivity index (χ1n) is 11.1. The Kier molecular flexibility index (Phi) is 6.97. The van der Waals surface area contributed by atoms with E-state index in [1.165, 1.54) is 5.56 Å². The smallest absolute Gasteiger partial charge is 0.290 e. The van der Waals surface area contributed by atoms with Crippen LogP contribution in [0.4, 0.5) is 0 Å². The van der Waals surface area contributed by atoms with Crippen molar-refractivity contribution < 1.29 is 9.59 Å². The fourth-order valence-corrected chi connectivity index (χ4v) is 3.90. The molecular formula is C25H29N5O2. The SMILES string of the molecule is CCN(CCNC(=O)c1cn2c(n1)C(=O)N(Cc1ccccc1)CC2)Cc1ccccc1. The zero-order valence-corrected chi connectivity index (χ0v) is 18.4. The summed E-state index contributed by atoms with van der Waals surface area (Å²) in [5, 5.41) is 2.94. The fraction of sp³-hybridized carbons (Fsp3) is 0.320. The third-order valence-electron chi connectivity index (χ3n) is 5.72. The van der Waals surface area contributed by atoms with Gasteiger partial charge in [-0.1, -0.05) is 67.6 Å². The molecule has 166 valence electrons. The van der Waals surface area contributed by atoms with Crippen LogP contribution in [-0.2, 0) is 19.6 Å². The van der Waals surface area contributed by atoms with Crippen molar-refractivity contribution in [3.05, 3.63) is 89.5 Å². The van der Waals surface area contributed by atoms with Crippen molar-refractivity contribution in [2.45, 2.75) is 26.6 Å². The number of carbonyl (C=O) groups is 2. The van der Waals surface area contributed by atoms with E-state index in [1.807, 2.05) is 48.5 Å². The first-order chi connectivity index (χ1) is 15.6. The highest BCUT2D eigenvalue weighted by atomic mass is 16.2. The molecule has 0 saturated heterocycles. The van der Waals surface area contributed by atoms with Gasteiger partial charge >= 0.3 is 0 Å². The Labute approximate surface area is 188 Å². The van der Waals surface area contributed by atoms with Crippen LogP contribution in [0.3, 0.4) is 0 Å². The summed E-state index contributed by atoms with van der Waals surface area (Å²) in [5.74, 6) is -0.0548. The Bertz CT molecular complexity index is 1050. The lowest BCUT2D eigenvalue weighted by atomic mass is 10.2. The van der Waals surface area contributed by atoms with Crippen molar-refractivity contribution >= 4 is 11.8 Å². The quantitative estimate of drug-likeness (QED) is 0.566. The van der Waals surface area contributed by atoms with E-state index < -0.39 is 0 Å². The molecule has 1 aliphatic heterocycles. The standard InChI is InChI=1S/C25H29N5O2/c1-2-28(17-20-9-5-3-6-10-20)14-13-26-24(31)22-19-29-15-16-30(25(32)23(29)27-22)18-21-11-7-4-8-12-21/h3-12,19H,2,13-18H2,1H3,(H,26,31). The normalized spacial score (nSPS) is 13.3. The van der Waals surface area contributed by atoms with Gasteiger partial charge in [0.15, 0.2) is 5.82 Å². The molecule has 0 atom stereocenters. The molecular weight excluding hydrogens is 402 g/mol. The molecule has 1 aliphatic rings. The number of hydrogen-bond donors (Lipinski definition) is 1. The first-order valence-corrected chi connectivity index (χ1v) is 11.1. The van der Waals surface area contributed by atoms with Crippen LogP contribution in [0.2, 0.25) is 0 Å². The number of rotatable bonds is 9. The monoisotopic (exact) mass is 431 g/mol. The minimum absolute atomic E-state index is 0.140. The molecule has 0 spiro atoms. The number of nitrogens with one attached hydrogen (secondary N) is 1. The molecule has 1 N–H and O–H groups in total. The lowest BCUT2D eigenvalue weighted by Crippen LogP contribution is -2.39. The van der Waals surface area contributed by atoms with Gasteiger partial charge in [-0.2, -0.15) is 0 Å². The highest BCUT2D eigenvalue weighted by Crippen LogP contribution is 2.16.